The smallest absolute Gasteiger partial charge is 0.255 e. The highest BCUT2D eigenvalue weighted by Gasteiger charge is 2.28. The zero-order valence-electron chi connectivity index (χ0n) is 10.1. The fourth-order valence-electron chi connectivity index (χ4n) is 1.25. The predicted molar refractivity (Wildman–Crippen MR) is 63.6 cm³/mol. The Bertz CT molecular complexity index is 467. The monoisotopic (exact) mass is 236 g/mol. The molecule has 0 aromatic heterocycles. The normalized spacial score (nSPS) is 11.0. The van der Waals surface area contributed by atoms with Gasteiger partial charge in [-0.25, -0.2) is 0 Å². The highest BCUT2D eigenvalue weighted by atomic mass is 16.3. The third-order valence-electron chi connectivity index (χ3n) is 2.52. The quantitative estimate of drug-likeness (QED) is 0.721. The minimum atomic E-state index is -1.16. The fraction of sp³-hybridized carbons (Fsp3) is 0.333. The number of aromatic hydroxyl groups is 1. The van der Waals surface area contributed by atoms with Crippen LogP contribution in [-0.2, 0) is 4.79 Å². The number of para-hydroxylation sites is 1. The number of hydrogen-bond acceptors (Lipinski definition) is 3. The van der Waals surface area contributed by atoms with Crippen molar-refractivity contribution in [3.63, 3.8) is 0 Å². The molecule has 0 aliphatic heterocycles. The second-order valence-corrected chi connectivity index (χ2v) is 4.41. The molecule has 0 saturated carbocycles. The molecular weight excluding hydrogens is 220 g/mol. The van der Waals surface area contributed by atoms with Gasteiger partial charge in [0.1, 0.15) is 11.3 Å². The van der Waals surface area contributed by atoms with E-state index in [0.29, 0.717) is 5.56 Å². The van der Waals surface area contributed by atoms with Crippen molar-refractivity contribution in [2.45, 2.75) is 26.3 Å². The lowest BCUT2D eigenvalue weighted by molar-refractivity contribution is -0.122. The molecule has 17 heavy (non-hydrogen) atoms. The Balaban J connectivity index is 2.99. The number of carbonyl (C=O) groups is 2. The average molecular weight is 236 g/mol. The zero-order chi connectivity index (χ0) is 13.2. The van der Waals surface area contributed by atoms with Gasteiger partial charge in [-0.05, 0) is 32.4 Å². The molecule has 5 nitrogen and oxygen atoms in total. The first kappa shape index (κ1) is 13.0. The number of benzene rings is 1. The molecule has 0 bridgehead atoms. The second kappa shape index (κ2) is 4.45. The number of rotatable bonds is 3. The maximum atomic E-state index is 11.9. The Labute approximate surface area is 99.6 Å². The summed E-state index contributed by atoms with van der Waals surface area (Å²) in [6, 6.07) is 4.82. The molecule has 1 aromatic carbocycles. The average Bonchev–Trinajstić information content (AvgIpc) is 2.21. The molecule has 1 rings (SSSR count). The van der Waals surface area contributed by atoms with Gasteiger partial charge >= 0.3 is 0 Å². The summed E-state index contributed by atoms with van der Waals surface area (Å²) < 4.78 is 0. The van der Waals surface area contributed by atoms with E-state index in [2.05, 4.69) is 5.32 Å². The van der Waals surface area contributed by atoms with E-state index in [1.807, 2.05) is 0 Å². The predicted octanol–water partition coefficient (Wildman–Crippen LogP) is 0.694. The van der Waals surface area contributed by atoms with Crippen molar-refractivity contribution in [3.8, 4) is 5.75 Å². The standard InChI is InChI=1S/C12H16N2O3/c1-7-5-4-6-8(9(7)15)10(16)14-12(2,3)11(13)17/h4-6,15H,1-3H3,(H2,13,17)(H,14,16). The van der Waals surface area contributed by atoms with Gasteiger partial charge < -0.3 is 16.2 Å². The van der Waals surface area contributed by atoms with Crippen LogP contribution in [0.2, 0.25) is 0 Å². The van der Waals surface area contributed by atoms with Crippen LogP contribution in [0, 0.1) is 6.92 Å². The van der Waals surface area contributed by atoms with Crippen molar-refractivity contribution in [1.29, 1.82) is 0 Å². The number of nitrogens with one attached hydrogen (secondary N) is 1. The molecule has 4 N–H and O–H groups in total. The van der Waals surface area contributed by atoms with Crippen molar-refractivity contribution < 1.29 is 14.7 Å². The van der Waals surface area contributed by atoms with Crippen LogP contribution >= 0.6 is 0 Å². The summed E-state index contributed by atoms with van der Waals surface area (Å²) in [6.07, 6.45) is 0. The molecule has 0 saturated heterocycles. The van der Waals surface area contributed by atoms with E-state index in [4.69, 9.17) is 5.73 Å². The number of primary amides is 1. The largest absolute Gasteiger partial charge is 0.507 e. The number of aryl methyl sites for hydroxylation is 1. The van der Waals surface area contributed by atoms with E-state index in [9.17, 15) is 14.7 Å². The summed E-state index contributed by atoms with van der Waals surface area (Å²) in [7, 11) is 0. The maximum absolute atomic E-state index is 11.9. The van der Waals surface area contributed by atoms with Crippen LogP contribution in [0.3, 0.4) is 0 Å². The summed E-state index contributed by atoms with van der Waals surface area (Å²) in [6.45, 7) is 4.69. The van der Waals surface area contributed by atoms with Crippen LogP contribution in [0.4, 0.5) is 0 Å². The number of phenolic OH excluding ortho intramolecular Hbond substituents is 1. The number of amides is 2. The van der Waals surface area contributed by atoms with Gasteiger partial charge in [0.15, 0.2) is 0 Å². The van der Waals surface area contributed by atoms with Crippen LogP contribution in [0.25, 0.3) is 0 Å². The minimum Gasteiger partial charge on any atom is -0.507 e. The van der Waals surface area contributed by atoms with Gasteiger partial charge in [0, 0.05) is 0 Å². The summed E-state index contributed by atoms with van der Waals surface area (Å²) in [5, 5.41) is 12.2. The SMILES string of the molecule is Cc1cccc(C(=O)NC(C)(C)C(N)=O)c1O. The first-order valence-electron chi connectivity index (χ1n) is 5.16. The van der Waals surface area contributed by atoms with Crippen molar-refractivity contribution in [3.05, 3.63) is 29.3 Å². The van der Waals surface area contributed by atoms with Gasteiger partial charge in [0.25, 0.3) is 5.91 Å². The molecule has 0 heterocycles. The lowest BCUT2D eigenvalue weighted by atomic mass is 10.0. The maximum Gasteiger partial charge on any atom is 0.255 e. The third-order valence-corrected chi connectivity index (χ3v) is 2.52. The Kier molecular flexibility index (Phi) is 3.41. The Morgan fingerprint density at radius 2 is 1.94 bits per heavy atom. The molecule has 1 aromatic rings. The van der Waals surface area contributed by atoms with E-state index < -0.39 is 17.4 Å². The molecular formula is C12H16N2O3. The first-order valence-corrected chi connectivity index (χ1v) is 5.16. The number of hydrogen-bond donors (Lipinski definition) is 3. The summed E-state index contributed by atoms with van der Waals surface area (Å²) in [5.74, 6) is -1.27. The molecule has 0 unspecified atom stereocenters. The van der Waals surface area contributed by atoms with Crippen molar-refractivity contribution in [2.75, 3.05) is 0 Å². The number of carbonyl (C=O) groups excluding carboxylic acids is 2. The molecule has 0 aliphatic rings. The fourth-order valence-corrected chi connectivity index (χ4v) is 1.25. The zero-order valence-corrected chi connectivity index (χ0v) is 10.1. The van der Waals surface area contributed by atoms with E-state index in [-0.39, 0.29) is 11.3 Å². The third kappa shape index (κ3) is 2.75. The highest BCUT2D eigenvalue weighted by molar-refractivity contribution is 6.00. The minimum absolute atomic E-state index is 0.0923. The molecule has 2 amide bonds. The van der Waals surface area contributed by atoms with Crippen molar-refractivity contribution in [2.24, 2.45) is 5.73 Å². The van der Waals surface area contributed by atoms with Crippen molar-refractivity contribution in [1.82, 2.24) is 5.32 Å². The molecule has 0 aliphatic carbocycles. The van der Waals surface area contributed by atoms with E-state index in [0.717, 1.165) is 0 Å². The lowest BCUT2D eigenvalue weighted by Crippen LogP contribution is -2.53. The molecule has 0 radical (unpaired) electrons. The molecule has 92 valence electrons. The highest BCUT2D eigenvalue weighted by Crippen LogP contribution is 2.21. The lowest BCUT2D eigenvalue weighted by Gasteiger charge is -2.22. The Morgan fingerprint density at radius 1 is 1.35 bits per heavy atom. The first-order chi connectivity index (χ1) is 7.75. The van der Waals surface area contributed by atoms with E-state index >= 15 is 0 Å². The number of nitrogens with two attached hydrogens (primary N) is 1. The molecule has 0 atom stereocenters. The van der Waals surface area contributed by atoms with Gasteiger partial charge in [-0.15, -0.1) is 0 Å². The molecule has 0 fully saturated rings. The van der Waals surface area contributed by atoms with E-state index in [1.165, 1.54) is 19.9 Å². The van der Waals surface area contributed by atoms with Crippen LogP contribution in [0.5, 0.6) is 5.75 Å². The van der Waals surface area contributed by atoms with Gasteiger partial charge in [0.05, 0.1) is 5.56 Å². The Morgan fingerprint density at radius 3 is 2.47 bits per heavy atom. The summed E-state index contributed by atoms with van der Waals surface area (Å²) in [4.78, 5) is 22.9. The van der Waals surface area contributed by atoms with Gasteiger partial charge in [-0.3, -0.25) is 9.59 Å². The van der Waals surface area contributed by atoms with Crippen LogP contribution in [0.1, 0.15) is 29.8 Å². The van der Waals surface area contributed by atoms with E-state index in [1.54, 1.807) is 19.1 Å². The van der Waals surface area contributed by atoms with Gasteiger partial charge in [-0.2, -0.15) is 0 Å². The van der Waals surface area contributed by atoms with Crippen LogP contribution < -0.4 is 11.1 Å². The summed E-state index contributed by atoms with van der Waals surface area (Å²) in [5.41, 5.74) is 4.71. The van der Waals surface area contributed by atoms with Crippen LogP contribution in [0.15, 0.2) is 18.2 Å². The van der Waals surface area contributed by atoms with Gasteiger partial charge in [0.2, 0.25) is 5.91 Å². The summed E-state index contributed by atoms with van der Waals surface area (Å²) >= 11 is 0. The van der Waals surface area contributed by atoms with Crippen molar-refractivity contribution >= 4 is 11.8 Å². The topological polar surface area (TPSA) is 92.4 Å². The molecule has 5 heteroatoms. The van der Waals surface area contributed by atoms with Gasteiger partial charge in [-0.1, -0.05) is 12.1 Å². The second-order valence-electron chi connectivity index (χ2n) is 4.41. The van der Waals surface area contributed by atoms with Crippen LogP contribution in [-0.4, -0.2) is 22.5 Å². The Hall–Kier alpha value is -2.04. The molecule has 0 spiro atoms. The number of phenols is 1.